The van der Waals surface area contributed by atoms with Gasteiger partial charge in [0.15, 0.2) is 15.5 Å². The summed E-state index contributed by atoms with van der Waals surface area (Å²) >= 11 is 2.32. The van der Waals surface area contributed by atoms with Gasteiger partial charge in [-0.25, -0.2) is 0 Å². The molecule has 0 bridgehead atoms. The summed E-state index contributed by atoms with van der Waals surface area (Å²) in [7, 11) is 0. The third-order valence-electron chi connectivity index (χ3n) is 2.42. The van der Waals surface area contributed by atoms with E-state index in [1.54, 1.807) is 0 Å². The first-order valence-electron chi connectivity index (χ1n) is 6.48. The molecule has 0 aliphatic rings. The van der Waals surface area contributed by atoms with Gasteiger partial charge in [0.2, 0.25) is 0 Å². The van der Waals surface area contributed by atoms with Crippen molar-refractivity contribution >= 4 is 53.2 Å². The van der Waals surface area contributed by atoms with Gasteiger partial charge in [-0.05, 0) is 20.8 Å². The van der Waals surface area contributed by atoms with E-state index in [0.29, 0.717) is 0 Å². The fourth-order valence-electron chi connectivity index (χ4n) is 1.10. The molecule has 1 aromatic rings. The Morgan fingerprint density at radius 1 is 0.667 bits per heavy atom. The first-order valence-corrected chi connectivity index (χ1v) is 9.12. The standard InChI is InChI=1S/C12H15N3O6S3/c1-4(7(16)17)22-10-13-11(23-5(2)8(18)19)15-12(14-10)24-6(3)9(20)21/h4-6H,1-3H3,(H,16,17)(H,18,19)(H,20,21)/p-3. The zero-order chi connectivity index (χ0) is 18.4. The Balaban J connectivity index is 3.10. The lowest BCUT2D eigenvalue weighted by Gasteiger charge is -2.15. The molecule has 0 radical (unpaired) electrons. The van der Waals surface area contributed by atoms with Gasteiger partial charge in [0, 0.05) is 15.7 Å². The number of aliphatic carboxylic acids is 3. The van der Waals surface area contributed by atoms with Crippen LogP contribution in [0.15, 0.2) is 15.5 Å². The molecule has 1 heterocycles. The predicted molar refractivity (Wildman–Crippen MR) is 80.8 cm³/mol. The van der Waals surface area contributed by atoms with Crippen LogP contribution in [0, 0.1) is 0 Å². The Labute approximate surface area is 150 Å². The van der Waals surface area contributed by atoms with Gasteiger partial charge in [-0.1, -0.05) is 35.3 Å². The third-order valence-corrected chi connectivity index (χ3v) is 5.23. The summed E-state index contributed by atoms with van der Waals surface area (Å²) in [5.74, 6) is -3.97. The molecule has 0 N–H and O–H groups in total. The van der Waals surface area contributed by atoms with E-state index in [-0.39, 0.29) is 15.5 Å². The highest BCUT2D eigenvalue weighted by atomic mass is 32.2. The number of thioether (sulfide) groups is 3. The van der Waals surface area contributed by atoms with Crippen molar-refractivity contribution in [1.82, 2.24) is 15.0 Å². The monoisotopic (exact) mass is 390 g/mol. The van der Waals surface area contributed by atoms with E-state index in [0.717, 1.165) is 35.3 Å². The van der Waals surface area contributed by atoms with Crippen LogP contribution in [0.2, 0.25) is 0 Å². The van der Waals surface area contributed by atoms with Gasteiger partial charge >= 0.3 is 0 Å². The van der Waals surface area contributed by atoms with Crippen molar-refractivity contribution in [1.29, 1.82) is 0 Å². The molecular weight excluding hydrogens is 378 g/mol. The number of hydrogen-bond donors (Lipinski definition) is 0. The number of carbonyl (C=O) groups excluding carboxylic acids is 3. The molecule has 0 saturated carbocycles. The van der Waals surface area contributed by atoms with Crippen molar-refractivity contribution in [2.75, 3.05) is 0 Å². The first-order chi connectivity index (χ1) is 11.1. The second-order valence-corrected chi connectivity index (χ2v) is 8.34. The smallest absolute Gasteiger partial charge is 0.193 e. The summed E-state index contributed by atoms with van der Waals surface area (Å²) in [6.07, 6.45) is 0. The minimum Gasteiger partial charge on any atom is -0.549 e. The molecular formula is C12H12N3O6S3-3. The summed E-state index contributed by atoms with van der Waals surface area (Å²) in [5.41, 5.74) is 0. The Morgan fingerprint density at radius 3 is 1.04 bits per heavy atom. The first kappa shape index (κ1) is 20.5. The number of hydrogen-bond acceptors (Lipinski definition) is 12. The van der Waals surface area contributed by atoms with Crippen molar-refractivity contribution < 1.29 is 29.7 Å². The maximum absolute atomic E-state index is 10.8. The van der Waals surface area contributed by atoms with E-state index in [1.165, 1.54) is 20.8 Å². The van der Waals surface area contributed by atoms with Gasteiger partial charge in [-0.15, -0.1) is 0 Å². The third kappa shape index (κ3) is 6.53. The average molecular weight is 390 g/mol. The summed E-state index contributed by atoms with van der Waals surface area (Å²) in [6.45, 7) is 4.12. The van der Waals surface area contributed by atoms with Crippen LogP contribution in [-0.2, 0) is 14.4 Å². The van der Waals surface area contributed by atoms with Crippen molar-refractivity contribution in [3.8, 4) is 0 Å². The van der Waals surface area contributed by atoms with E-state index in [4.69, 9.17) is 0 Å². The molecule has 12 heteroatoms. The highest BCUT2D eigenvalue weighted by Gasteiger charge is 2.16. The molecule has 0 spiro atoms. The van der Waals surface area contributed by atoms with Crippen molar-refractivity contribution in [2.45, 2.75) is 52.0 Å². The number of carbonyl (C=O) groups is 3. The molecule has 0 fully saturated rings. The fraction of sp³-hybridized carbons (Fsp3) is 0.500. The molecule has 1 aromatic heterocycles. The Kier molecular flexibility index (Phi) is 7.76. The topological polar surface area (TPSA) is 159 Å². The minimum absolute atomic E-state index is 0.0165. The maximum Gasteiger partial charge on any atom is 0.193 e. The van der Waals surface area contributed by atoms with Crippen LogP contribution >= 0.6 is 35.3 Å². The second-order valence-electron chi connectivity index (χ2n) is 4.42. The molecule has 132 valence electrons. The molecule has 0 amide bonds. The lowest BCUT2D eigenvalue weighted by atomic mass is 10.5. The van der Waals surface area contributed by atoms with Crippen LogP contribution in [0.5, 0.6) is 0 Å². The normalized spacial score (nSPS) is 14.6. The SMILES string of the molecule is CC(Sc1nc(SC(C)C(=O)[O-])nc(SC(C)C(=O)[O-])n1)C(=O)[O-]. The lowest BCUT2D eigenvalue weighted by molar-refractivity contribution is -0.305. The van der Waals surface area contributed by atoms with Gasteiger partial charge in [0.1, 0.15) is 0 Å². The van der Waals surface area contributed by atoms with Gasteiger partial charge < -0.3 is 29.7 Å². The van der Waals surface area contributed by atoms with Crippen LogP contribution in [-0.4, -0.2) is 48.6 Å². The van der Waals surface area contributed by atoms with E-state index in [1.807, 2.05) is 0 Å². The van der Waals surface area contributed by atoms with Crippen molar-refractivity contribution in [3.63, 3.8) is 0 Å². The number of rotatable bonds is 9. The van der Waals surface area contributed by atoms with E-state index >= 15 is 0 Å². The summed E-state index contributed by atoms with van der Waals surface area (Å²) in [6, 6.07) is 0. The Morgan fingerprint density at radius 2 is 0.875 bits per heavy atom. The minimum atomic E-state index is -1.32. The number of carboxylic acids is 3. The molecule has 0 aromatic carbocycles. The maximum atomic E-state index is 10.8. The molecule has 1 rings (SSSR count). The molecule has 0 saturated heterocycles. The number of aromatic nitrogens is 3. The van der Waals surface area contributed by atoms with Crippen LogP contribution in [0.4, 0.5) is 0 Å². The average Bonchev–Trinajstić information content (AvgIpc) is 2.46. The molecule has 3 unspecified atom stereocenters. The zero-order valence-electron chi connectivity index (χ0n) is 12.7. The van der Waals surface area contributed by atoms with E-state index < -0.39 is 33.7 Å². The van der Waals surface area contributed by atoms with Crippen LogP contribution < -0.4 is 15.3 Å². The largest absolute Gasteiger partial charge is 0.549 e. The molecule has 9 nitrogen and oxygen atoms in total. The predicted octanol–water partition coefficient (Wildman–Crippen LogP) is -2.44. The number of carboxylic acid groups (broad SMARTS) is 3. The summed E-state index contributed by atoms with van der Waals surface area (Å²) in [5, 5.41) is 29.6. The molecule has 3 atom stereocenters. The summed E-state index contributed by atoms with van der Waals surface area (Å²) < 4.78 is 0. The van der Waals surface area contributed by atoms with Gasteiger partial charge in [0.25, 0.3) is 0 Å². The highest BCUT2D eigenvalue weighted by Crippen LogP contribution is 2.28. The molecule has 0 aliphatic carbocycles. The van der Waals surface area contributed by atoms with E-state index in [2.05, 4.69) is 15.0 Å². The lowest BCUT2D eigenvalue weighted by Crippen LogP contribution is -2.32. The number of nitrogens with zero attached hydrogens (tertiary/aromatic N) is 3. The van der Waals surface area contributed by atoms with Crippen LogP contribution in [0.25, 0.3) is 0 Å². The van der Waals surface area contributed by atoms with Gasteiger partial charge in [-0.2, -0.15) is 15.0 Å². The van der Waals surface area contributed by atoms with Gasteiger partial charge in [-0.3, -0.25) is 0 Å². The van der Waals surface area contributed by atoms with Gasteiger partial charge in [0.05, 0.1) is 17.9 Å². The Hall–Kier alpha value is -1.53. The van der Waals surface area contributed by atoms with E-state index in [9.17, 15) is 29.7 Å². The van der Waals surface area contributed by atoms with Crippen molar-refractivity contribution in [3.05, 3.63) is 0 Å². The highest BCUT2D eigenvalue weighted by molar-refractivity contribution is 8.01. The summed E-state index contributed by atoms with van der Waals surface area (Å²) in [4.78, 5) is 44.4. The Bertz CT molecular complexity index is 546. The quantitative estimate of drug-likeness (QED) is 0.411. The van der Waals surface area contributed by atoms with Crippen LogP contribution in [0.1, 0.15) is 20.8 Å². The zero-order valence-corrected chi connectivity index (χ0v) is 15.2. The fourth-order valence-corrected chi connectivity index (χ4v) is 3.34. The van der Waals surface area contributed by atoms with Crippen molar-refractivity contribution in [2.24, 2.45) is 0 Å². The van der Waals surface area contributed by atoms with Crippen LogP contribution in [0.3, 0.4) is 0 Å². The molecule has 24 heavy (non-hydrogen) atoms. The second kappa shape index (κ2) is 9.08. The molecule has 0 aliphatic heterocycles.